The van der Waals surface area contributed by atoms with Crippen LogP contribution in [0.1, 0.15) is 65.2 Å². The van der Waals surface area contributed by atoms with Crippen LogP contribution in [0.3, 0.4) is 0 Å². The first-order valence-corrected chi connectivity index (χ1v) is 23.9. The van der Waals surface area contributed by atoms with Crippen LogP contribution in [0.4, 0.5) is 0 Å². The Morgan fingerprint density at radius 2 is 0.905 bits per heavy atom. The van der Waals surface area contributed by atoms with E-state index in [1.54, 1.807) is 0 Å². The number of rotatable bonds is 14. The van der Waals surface area contributed by atoms with Crippen LogP contribution in [0.5, 0.6) is 0 Å². The van der Waals surface area contributed by atoms with Gasteiger partial charge in [-0.3, -0.25) is 38.4 Å². The molecule has 396 valence electrons. The van der Waals surface area contributed by atoms with Gasteiger partial charge < -0.3 is 57.6 Å². The van der Waals surface area contributed by atoms with E-state index in [2.05, 4.69) is 26.3 Å². The molecule has 24 nitrogen and oxygen atoms in total. The van der Waals surface area contributed by atoms with Gasteiger partial charge in [-0.15, -0.1) is 0 Å². The average Bonchev–Trinajstić information content (AvgIpc) is 4.23. The molecule has 0 radical (unpaired) electrons. The lowest BCUT2D eigenvalue weighted by atomic mass is 9.78. The van der Waals surface area contributed by atoms with Crippen molar-refractivity contribution in [3.8, 4) is 0 Å². The summed E-state index contributed by atoms with van der Waals surface area (Å²) in [6.07, 6.45) is 1.14. The molecule has 8 saturated carbocycles. The second-order valence-electron chi connectivity index (χ2n) is 21.0. The van der Waals surface area contributed by atoms with E-state index in [4.69, 9.17) is 47.4 Å². The van der Waals surface area contributed by atoms with Crippen LogP contribution in [-0.2, 0) is 105 Å². The summed E-state index contributed by atoms with van der Waals surface area (Å²) >= 11 is 0. The number of carbonyl (C=O) groups is 12. The first-order chi connectivity index (χ1) is 35.0. The molecule has 8 aliphatic carbocycles. The number of esters is 8. The molecule has 4 saturated heterocycles. The van der Waals surface area contributed by atoms with Crippen molar-refractivity contribution in [2.45, 2.75) is 113 Å². The number of hydrogen-bond acceptors (Lipinski definition) is 22. The molecule has 0 aromatic carbocycles. The second-order valence-corrected chi connectivity index (χ2v) is 21.0. The maximum atomic E-state index is 11.8. The van der Waals surface area contributed by atoms with E-state index >= 15 is 0 Å². The van der Waals surface area contributed by atoms with Crippen LogP contribution in [0.2, 0.25) is 0 Å². The van der Waals surface area contributed by atoms with E-state index in [1.165, 1.54) is 13.8 Å². The van der Waals surface area contributed by atoms with Crippen molar-refractivity contribution in [2.75, 3.05) is 0 Å². The van der Waals surface area contributed by atoms with Gasteiger partial charge in [0.15, 0.2) is 24.4 Å². The van der Waals surface area contributed by atoms with E-state index in [0.717, 1.165) is 12.2 Å². The second kappa shape index (κ2) is 18.2. The van der Waals surface area contributed by atoms with Crippen molar-refractivity contribution in [1.82, 2.24) is 0 Å². The van der Waals surface area contributed by atoms with Gasteiger partial charge in [0.2, 0.25) is 0 Å². The van der Waals surface area contributed by atoms with Crippen LogP contribution in [-0.4, -0.2) is 131 Å². The van der Waals surface area contributed by atoms with Crippen LogP contribution in [0.15, 0.2) is 49.6 Å². The monoisotopic (exact) mass is 1040 g/mol. The quantitative estimate of drug-likeness (QED) is 0.107. The molecule has 2 N–H and O–H groups in total. The van der Waals surface area contributed by atoms with Gasteiger partial charge in [-0.2, -0.15) is 0 Å². The number of carboxylic acid groups (broad SMARTS) is 2. The minimum Gasteiger partial charge on any atom is -0.481 e. The molecule has 0 aromatic rings. The zero-order valence-corrected chi connectivity index (χ0v) is 39.9. The number of hydrogen-bond donors (Lipinski definition) is 2. The summed E-state index contributed by atoms with van der Waals surface area (Å²) in [4.78, 5) is 137. The lowest BCUT2D eigenvalue weighted by Crippen LogP contribution is -2.50. The van der Waals surface area contributed by atoms with Gasteiger partial charge in [0.05, 0.1) is 35.5 Å². The van der Waals surface area contributed by atoms with E-state index in [9.17, 15) is 67.7 Å². The lowest BCUT2D eigenvalue weighted by molar-refractivity contribution is -0.251. The minimum atomic E-state index is -1.42. The summed E-state index contributed by atoms with van der Waals surface area (Å²) < 4.78 is 51.8. The standard InChI is InChI=1S/2C13H14O6.2C12H12O6/c1-6(2)11(15)18-10-7-3-8-9(4-7)13(10,17-5-14)19-12(8)16;1-5(2)10(14)19-9-8-6-3-13(9,12(16)17)4-7(6)11(15)18-8;1-2-9(14)17-10-6-3-7-8(4-6)12(10,16-5-13)18-11(7)15;1-2-7(13)17-9-8-5-3-12(9,11(15)16)4-6(5)10(14)18-8/h5,7-10H,1,3-4H2,2H3;6-9H,1,3-4H2,2H3,(H,16,17);2,5-8,10H,1,3-4H2;2,5-6,8-9H,1,3-4H2,(H,15,16). The highest BCUT2D eigenvalue weighted by atomic mass is 16.8. The molecule has 74 heavy (non-hydrogen) atoms. The van der Waals surface area contributed by atoms with Gasteiger partial charge >= 0.3 is 59.7 Å². The number of aliphatic carboxylic acids is 2. The van der Waals surface area contributed by atoms with Crippen molar-refractivity contribution >= 4 is 72.6 Å². The fraction of sp³-hybridized carbons (Fsp3) is 0.600. The number of carbonyl (C=O) groups excluding carboxylic acids is 10. The molecule has 0 spiro atoms. The van der Waals surface area contributed by atoms with Gasteiger partial charge in [-0.1, -0.05) is 26.3 Å². The van der Waals surface area contributed by atoms with Crippen LogP contribution in [0, 0.1) is 70.0 Å². The molecule has 12 fully saturated rings. The van der Waals surface area contributed by atoms with Gasteiger partial charge in [0.1, 0.15) is 23.0 Å². The number of ether oxygens (including phenoxy) is 10. The maximum absolute atomic E-state index is 11.8. The Hall–Kier alpha value is -7.40. The summed E-state index contributed by atoms with van der Waals surface area (Å²) in [6.45, 7) is 17.1. The van der Waals surface area contributed by atoms with Crippen molar-refractivity contribution in [2.24, 2.45) is 70.0 Å². The average molecular weight is 1040 g/mol. The van der Waals surface area contributed by atoms with Crippen molar-refractivity contribution in [1.29, 1.82) is 0 Å². The smallest absolute Gasteiger partial charge is 0.333 e. The van der Waals surface area contributed by atoms with E-state index in [0.29, 0.717) is 38.5 Å². The molecule has 0 aromatic heterocycles. The third-order valence-corrected chi connectivity index (χ3v) is 17.3. The van der Waals surface area contributed by atoms with Crippen molar-refractivity contribution < 1.29 is 115 Å². The normalized spacial score (nSPS) is 42.7. The third kappa shape index (κ3) is 7.50. The molecule has 12 rings (SSSR count). The molecular formula is C50H52O24. The zero-order valence-electron chi connectivity index (χ0n) is 39.9. The zero-order chi connectivity index (χ0) is 53.7. The fourth-order valence-electron chi connectivity index (χ4n) is 14.3. The molecule has 24 heteroatoms. The highest BCUT2D eigenvalue weighted by Gasteiger charge is 2.77. The summed E-state index contributed by atoms with van der Waals surface area (Å²) in [5.41, 5.74) is -1.91. The van der Waals surface area contributed by atoms with Gasteiger partial charge in [-0.25, -0.2) is 19.2 Å². The third-order valence-electron chi connectivity index (χ3n) is 17.3. The SMILES string of the molecule is C=C(C)C(=O)OC1C2CC3C(=O)OC1(OC=O)C3C2.C=C(C)C(=O)OC1C2OC(=O)C3CC1(C(=O)O)CC32.C=CC(=O)OC1C2CC3C(=O)OC1(OC=O)C3C2.C=CC(=O)OC1C2OC(=O)C3CC1(C(=O)O)CC32. The van der Waals surface area contributed by atoms with Crippen LogP contribution < -0.4 is 0 Å². The number of fused-ring (bicyclic) bond motifs is 4. The molecular weight excluding hydrogens is 985 g/mol. The van der Waals surface area contributed by atoms with Gasteiger partial charge in [0.25, 0.3) is 24.5 Å². The highest BCUT2D eigenvalue weighted by Crippen LogP contribution is 2.65. The van der Waals surface area contributed by atoms with Gasteiger partial charge in [-0.05, 0) is 65.2 Å². The van der Waals surface area contributed by atoms with Gasteiger partial charge in [0, 0.05) is 47.0 Å². The predicted molar refractivity (Wildman–Crippen MR) is 233 cm³/mol. The topological polar surface area (TPSA) is 338 Å². The minimum absolute atomic E-state index is 0.00435. The van der Waals surface area contributed by atoms with E-state index in [-0.39, 0.29) is 120 Å². The Labute approximate surface area is 419 Å². The molecule has 0 amide bonds. The molecule has 8 bridgehead atoms. The molecule has 4 aliphatic heterocycles. The Balaban J connectivity index is 0.000000121. The predicted octanol–water partition coefficient (Wildman–Crippen LogP) is 1.35. The van der Waals surface area contributed by atoms with Crippen LogP contribution >= 0.6 is 0 Å². The Kier molecular flexibility index (Phi) is 12.7. The summed E-state index contributed by atoms with van der Waals surface area (Å²) in [6, 6.07) is 0. The van der Waals surface area contributed by atoms with E-state index < -0.39 is 94.8 Å². The Morgan fingerprint density at radius 3 is 1.27 bits per heavy atom. The van der Waals surface area contributed by atoms with Crippen molar-refractivity contribution in [3.05, 3.63) is 49.6 Å². The largest absolute Gasteiger partial charge is 0.481 e. The number of carboxylic acids is 2. The molecule has 12 aliphatic rings. The van der Waals surface area contributed by atoms with E-state index in [1.807, 2.05) is 0 Å². The first-order valence-electron chi connectivity index (χ1n) is 23.9. The lowest BCUT2D eigenvalue weighted by Gasteiger charge is -2.34. The summed E-state index contributed by atoms with van der Waals surface area (Å²) in [5.74, 6) is -10.8. The summed E-state index contributed by atoms with van der Waals surface area (Å²) in [5, 5.41) is 18.9. The van der Waals surface area contributed by atoms with Crippen molar-refractivity contribution in [3.63, 3.8) is 0 Å². The maximum Gasteiger partial charge on any atom is 0.333 e. The molecule has 20 atom stereocenters. The Morgan fingerprint density at radius 1 is 0.541 bits per heavy atom. The Bertz CT molecular complexity index is 2600. The molecule has 4 heterocycles. The summed E-state index contributed by atoms with van der Waals surface area (Å²) in [7, 11) is 0. The fourth-order valence-corrected chi connectivity index (χ4v) is 14.3. The van der Waals surface area contributed by atoms with Crippen LogP contribution in [0.25, 0.3) is 0 Å². The first kappa shape index (κ1) is 51.5. The highest BCUT2D eigenvalue weighted by molar-refractivity contribution is 5.90. The molecule has 20 unspecified atom stereocenters.